The Morgan fingerprint density at radius 1 is 1.32 bits per heavy atom. The Hall–Kier alpha value is -1.46. The molecule has 102 valence electrons. The molecular weight excluding hydrogens is 263 g/mol. The molecule has 0 aliphatic rings. The van der Waals surface area contributed by atoms with Crippen LogP contribution < -0.4 is 4.90 Å². The van der Waals surface area contributed by atoms with E-state index in [2.05, 4.69) is 4.98 Å². The summed E-state index contributed by atoms with van der Waals surface area (Å²) in [5.41, 5.74) is 1.28. The van der Waals surface area contributed by atoms with E-state index in [0.717, 1.165) is 5.13 Å². The number of aromatic nitrogens is 1. The summed E-state index contributed by atoms with van der Waals surface area (Å²) >= 11 is 1.45. The van der Waals surface area contributed by atoms with Crippen LogP contribution in [0.1, 0.15) is 37.3 Å². The van der Waals surface area contributed by atoms with Gasteiger partial charge in [-0.25, -0.2) is 9.37 Å². The SMILES string of the molecule is CC(O)c1csc(N(C)C(C)c2ccccc2F)n1. The zero-order chi connectivity index (χ0) is 14.0. The van der Waals surface area contributed by atoms with Crippen LogP contribution in [0.4, 0.5) is 9.52 Å². The lowest BCUT2D eigenvalue weighted by Gasteiger charge is -2.25. The predicted molar refractivity (Wildman–Crippen MR) is 76.0 cm³/mol. The van der Waals surface area contributed by atoms with E-state index in [0.29, 0.717) is 11.3 Å². The topological polar surface area (TPSA) is 36.4 Å². The molecule has 0 amide bonds. The molecule has 0 aliphatic carbocycles. The lowest BCUT2D eigenvalue weighted by Crippen LogP contribution is -2.22. The molecule has 1 N–H and O–H groups in total. The largest absolute Gasteiger partial charge is 0.387 e. The third-order valence-electron chi connectivity index (χ3n) is 3.18. The first-order chi connectivity index (χ1) is 9.00. The van der Waals surface area contributed by atoms with Gasteiger partial charge in [0.05, 0.1) is 17.8 Å². The van der Waals surface area contributed by atoms with E-state index in [1.54, 1.807) is 19.1 Å². The Balaban J connectivity index is 2.23. The highest BCUT2D eigenvalue weighted by Gasteiger charge is 2.18. The van der Waals surface area contributed by atoms with Crippen molar-refractivity contribution in [1.29, 1.82) is 0 Å². The van der Waals surface area contributed by atoms with E-state index < -0.39 is 6.10 Å². The Morgan fingerprint density at radius 2 is 2.00 bits per heavy atom. The molecule has 0 radical (unpaired) electrons. The monoisotopic (exact) mass is 280 g/mol. The molecule has 0 fully saturated rings. The highest BCUT2D eigenvalue weighted by Crippen LogP contribution is 2.30. The summed E-state index contributed by atoms with van der Waals surface area (Å²) in [5.74, 6) is -0.214. The summed E-state index contributed by atoms with van der Waals surface area (Å²) in [6.45, 7) is 3.61. The summed E-state index contributed by atoms with van der Waals surface area (Å²) < 4.78 is 13.8. The van der Waals surface area contributed by atoms with Gasteiger partial charge in [-0.3, -0.25) is 0 Å². The molecule has 0 bridgehead atoms. The number of aliphatic hydroxyl groups excluding tert-OH is 1. The summed E-state index contributed by atoms with van der Waals surface area (Å²) in [5, 5.41) is 12.1. The maximum absolute atomic E-state index is 13.8. The van der Waals surface area contributed by atoms with Gasteiger partial charge >= 0.3 is 0 Å². The molecule has 1 aromatic carbocycles. The summed E-state index contributed by atoms with van der Waals surface area (Å²) in [4.78, 5) is 6.27. The molecular formula is C14H17FN2OS. The number of hydrogen-bond acceptors (Lipinski definition) is 4. The van der Waals surface area contributed by atoms with Crippen LogP contribution in [-0.4, -0.2) is 17.1 Å². The van der Waals surface area contributed by atoms with E-state index in [4.69, 9.17) is 0 Å². The van der Waals surface area contributed by atoms with Gasteiger partial charge in [-0.15, -0.1) is 11.3 Å². The van der Waals surface area contributed by atoms with Crippen molar-refractivity contribution in [3.8, 4) is 0 Å². The molecule has 0 spiro atoms. The normalized spacial score (nSPS) is 14.2. The zero-order valence-corrected chi connectivity index (χ0v) is 12.0. The first-order valence-electron chi connectivity index (χ1n) is 6.11. The number of rotatable bonds is 4. The van der Waals surface area contributed by atoms with Crippen molar-refractivity contribution in [3.63, 3.8) is 0 Å². The van der Waals surface area contributed by atoms with Crippen LogP contribution in [0.25, 0.3) is 0 Å². The fourth-order valence-corrected chi connectivity index (χ4v) is 2.78. The quantitative estimate of drug-likeness (QED) is 0.930. The Bertz CT molecular complexity index is 556. The minimum absolute atomic E-state index is 0.116. The Morgan fingerprint density at radius 3 is 2.58 bits per heavy atom. The number of benzene rings is 1. The molecule has 1 heterocycles. The van der Waals surface area contributed by atoms with Gasteiger partial charge in [0.2, 0.25) is 0 Å². The Labute approximate surface area is 116 Å². The second kappa shape index (κ2) is 5.67. The average molecular weight is 280 g/mol. The minimum atomic E-state index is -0.581. The Kier molecular flexibility index (Phi) is 4.17. The number of hydrogen-bond donors (Lipinski definition) is 1. The predicted octanol–water partition coefficient (Wildman–Crippen LogP) is 3.53. The lowest BCUT2D eigenvalue weighted by molar-refractivity contribution is 0.195. The molecule has 5 heteroatoms. The second-order valence-electron chi connectivity index (χ2n) is 4.54. The van der Waals surface area contributed by atoms with E-state index in [-0.39, 0.29) is 11.9 Å². The fraction of sp³-hybridized carbons (Fsp3) is 0.357. The van der Waals surface area contributed by atoms with Crippen molar-refractivity contribution in [2.24, 2.45) is 0 Å². The molecule has 3 nitrogen and oxygen atoms in total. The molecule has 1 aromatic heterocycles. The summed E-state index contributed by atoms with van der Waals surface area (Å²) in [6.07, 6.45) is -0.581. The van der Waals surface area contributed by atoms with Gasteiger partial charge in [0, 0.05) is 18.0 Å². The number of nitrogens with zero attached hydrogens (tertiary/aromatic N) is 2. The second-order valence-corrected chi connectivity index (χ2v) is 5.38. The van der Waals surface area contributed by atoms with E-state index in [9.17, 15) is 9.50 Å². The van der Waals surface area contributed by atoms with Crippen molar-refractivity contribution < 1.29 is 9.50 Å². The van der Waals surface area contributed by atoms with Gasteiger partial charge in [0.15, 0.2) is 5.13 Å². The number of anilines is 1. The van der Waals surface area contributed by atoms with Crippen molar-refractivity contribution >= 4 is 16.5 Å². The summed E-state index contributed by atoms with van der Waals surface area (Å²) in [7, 11) is 1.88. The standard InChI is InChI=1S/C14H17FN2OS/c1-9(11-6-4-5-7-12(11)15)17(3)14-16-13(8-19-14)10(2)18/h4-10,18H,1-3H3. The zero-order valence-electron chi connectivity index (χ0n) is 11.2. The minimum Gasteiger partial charge on any atom is -0.387 e. The van der Waals surface area contributed by atoms with Gasteiger partial charge in [-0.1, -0.05) is 18.2 Å². The third-order valence-corrected chi connectivity index (χ3v) is 4.13. The van der Waals surface area contributed by atoms with Crippen LogP contribution in [0.15, 0.2) is 29.6 Å². The average Bonchev–Trinajstić information content (AvgIpc) is 2.87. The van der Waals surface area contributed by atoms with Crippen LogP contribution in [-0.2, 0) is 0 Å². The lowest BCUT2D eigenvalue weighted by atomic mass is 10.1. The van der Waals surface area contributed by atoms with Crippen molar-refractivity contribution in [3.05, 3.63) is 46.7 Å². The number of aliphatic hydroxyl groups is 1. The molecule has 2 atom stereocenters. The molecule has 2 aromatic rings. The van der Waals surface area contributed by atoms with Gasteiger partial charge in [-0.05, 0) is 19.9 Å². The third kappa shape index (κ3) is 2.93. The van der Waals surface area contributed by atoms with Crippen LogP contribution in [0.5, 0.6) is 0 Å². The molecule has 0 saturated carbocycles. The number of halogens is 1. The molecule has 19 heavy (non-hydrogen) atoms. The molecule has 2 unspecified atom stereocenters. The van der Waals surface area contributed by atoms with Gasteiger partial charge < -0.3 is 10.0 Å². The van der Waals surface area contributed by atoms with Gasteiger partial charge in [-0.2, -0.15) is 0 Å². The first kappa shape index (κ1) is 14.0. The van der Waals surface area contributed by atoms with Crippen molar-refractivity contribution in [2.75, 3.05) is 11.9 Å². The van der Waals surface area contributed by atoms with Crippen LogP contribution in [0.2, 0.25) is 0 Å². The highest BCUT2D eigenvalue weighted by molar-refractivity contribution is 7.13. The van der Waals surface area contributed by atoms with Crippen LogP contribution >= 0.6 is 11.3 Å². The van der Waals surface area contributed by atoms with Crippen molar-refractivity contribution in [2.45, 2.75) is 26.0 Å². The molecule has 0 aliphatic heterocycles. The maximum Gasteiger partial charge on any atom is 0.185 e. The van der Waals surface area contributed by atoms with E-state index in [1.165, 1.54) is 17.4 Å². The van der Waals surface area contributed by atoms with Gasteiger partial charge in [0.25, 0.3) is 0 Å². The first-order valence-corrected chi connectivity index (χ1v) is 6.99. The number of thiazole rings is 1. The molecule has 2 rings (SSSR count). The van der Waals surface area contributed by atoms with Crippen molar-refractivity contribution in [1.82, 2.24) is 4.98 Å². The van der Waals surface area contributed by atoms with Crippen LogP contribution in [0, 0.1) is 5.82 Å². The van der Waals surface area contributed by atoms with E-state index in [1.807, 2.05) is 30.3 Å². The van der Waals surface area contributed by atoms with Gasteiger partial charge in [0.1, 0.15) is 5.82 Å². The summed E-state index contributed by atoms with van der Waals surface area (Å²) in [6, 6.07) is 6.63. The smallest absolute Gasteiger partial charge is 0.185 e. The van der Waals surface area contributed by atoms with E-state index >= 15 is 0 Å². The highest BCUT2D eigenvalue weighted by atomic mass is 32.1. The fourth-order valence-electron chi connectivity index (χ4n) is 1.82. The molecule has 0 saturated heterocycles. The maximum atomic E-state index is 13.8. The van der Waals surface area contributed by atoms with Crippen LogP contribution in [0.3, 0.4) is 0 Å².